The minimum absolute atomic E-state index is 0.0901. The third kappa shape index (κ3) is 5.15. The highest BCUT2D eigenvalue weighted by Gasteiger charge is 2.18. The van der Waals surface area contributed by atoms with Gasteiger partial charge in [-0.05, 0) is 26.5 Å². The number of rotatable bonds is 9. The van der Waals surface area contributed by atoms with Crippen LogP contribution in [0.25, 0.3) is 0 Å². The number of halogens is 2. The zero-order valence-corrected chi connectivity index (χ0v) is 12.3. The molecule has 2 atom stereocenters. The maximum atomic E-state index is 13.8. The highest BCUT2D eigenvalue weighted by Crippen LogP contribution is 2.20. The first-order chi connectivity index (χ1) is 9.60. The molecule has 114 valence electrons. The number of nitrogens with one attached hydrogen (secondary N) is 1. The van der Waals surface area contributed by atoms with Gasteiger partial charge in [0.2, 0.25) is 0 Å². The molecule has 0 aliphatic heterocycles. The van der Waals surface area contributed by atoms with E-state index in [0.717, 1.165) is 6.07 Å². The summed E-state index contributed by atoms with van der Waals surface area (Å²) in [6.07, 6.45) is -0.0901. The minimum Gasteiger partial charge on any atom is -0.379 e. The number of hydrogen-bond donors (Lipinski definition) is 1. The predicted octanol–water partition coefficient (Wildman–Crippen LogP) is 3.06. The molecule has 1 aromatic carbocycles. The summed E-state index contributed by atoms with van der Waals surface area (Å²) >= 11 is 0. The molecule has 0 aliphatic carbocycles. The van der Waals surface area contributed by atoms with Gasteiger partial charge in [0.1, 0.15) is 0 Å². The molecule has 0 aromatic heterocycles. The van der Waals surface area contributed by atoms with Gasteiger partial charge in [-0.25, -0.2) is 8.78 Å². The van der Waals surface area contributed by atoms with Crippen molar-refractivity contribution in [3.05, 3.63) is 35.4 Å². The van der Waals surface area contributed by atoms with Crippen molar-refractivity contribution in [3.8, 4) is 0 Å². The Kier molecular flexibility index (Phi) is 7.65. The normalized spacial score (nSPS) is 14.2. The summed E-state index contributed by atoms with van der Waals surface area (Å²) in [6.45, 7) is 7.74. The Labute approximate surface area is 119 Å². The van der Waals surface area contributed by atoms with Crippen molar-refractivity contribution < 1.29 is 18.3 Å². The summed E-state index contributed by atoms with van der Waals surface area (Å²) < 4.78 is 38.0. The van der Waals surface area contributed by atoms with Crippen molar-refractivity contribution in [1.29, 1.82) is 0 Å². The van der Waals surface area contributed by atoms with Crippen molar-refractivity contribution >= 4 is 0 Å². The molecule has 2 unspecified atom stereocenters. The Balaban J connectivity index is 2.66. The fourth-order valence-electron chi connectivity index (χ4n) is 1.89. The molecule has 1 aromatic rings. The molecule has 0 amide bonds. The summed E-state index contributed by atoms with van der Waals surface area (Å²) in [6, 6.07) is 3.81. The highest BCUT2D eigenvalue weighted by atomic mass is 19.2. The summed E-state index contributed by atoms with van der Waals surface area (Å²) in [5, 5.41) is 3.11. The minimum atomic E-state index is -0.840. The molecular formula is C15H23F2NO2. The van der Waals surface area contributed by atoms with E-state index in [9.17, 15) is 8.78 Å². The Morgan fingerprint density at radius 2 is 1.95 bits per heavy atom. The van der Waals surface area contributed by atoms with Crippen molar-refractivity contribution in [2.45, 2.75) is 32.9 Å². The van der Waals surface area contributed by atoms with Gasteiger partial charge in [0.15, 0.2) is 11.6 Å². The first-order valence-corrected chi connectivity index (χ1v) is 6.96. The molecule has 0 saturated carbocycles. The lowest BCUT2D eigenvalue weighted by molar-refractivity contribution is -0.0118. The topological polar surface area (TPSA) is 30.5 Å². The van der Waals surface area contributed by atoms with Crippen molar-refractivity contribution in [3.63, 3.8) is 0 Å². The fraction of sp³-hybridized carbons (Fsp3) is 0.600. The van der Waals surface area contributed by atoms with Crippen LogP contribution in [0.15, 0.2) is 18.2 Å². The van der Waals surface area contributed by atoms with Crippen LogP contribution in [0.2, 0.25) is 0 Å². The molecular weight excluding hydrogens is 264 g/mol. The Morgan fingerprint density at radius 3 is 2.60 bits per heavy atom. The number of likely N-dealkylation sites (N-methyl/N-ethyl adjacent to an activating group) is 1. The monoisotopic (exact) mass is 287 g/mol. The number of ether oxygens (including phenoxy) is 2. The lowest BCUT2D eigenvalue weighted by Crippen LogP contribution is -2.29. The quantitative estimate of drug-likeness (QED) is 0.757. The van der Waals surface area contributed by atoms with Gasteiger partial charge in [-0.15, -0.1) is 0 Å². The molecule has 0 radical (unpaired) electrons. The summed E-state index contributed by atoms with van der Waals surface area (Å²) in [5.41, 5.74) is 0.287. The molecule has 1 N–H and O–H groups in total. The SMILES string of the molecule is CCNC(COC(C)COCC)c1cccc(F)c1F. The molecule has 0 fully saturated rings. The Bertz CT molecular complexity index is 401. The average molecular weight is 287 g/mol. The van der Waals surface area contributed by atoms with E-state index >= 15 is 0 Å². The molecule has 1 rings (SSSR count). The van der Waals surface area contributed by atoms with Crippen molar-refractivity contribution in [2.75, 3.05) is 26.4 Å². The summed E-state index contributed by atoms with van der Waals surface area (Å²) in [5.74, 6) is -1.66. The lowest BCUT2D eigenvalue weighted by atomic mass is 10.1. The first kappa shape index (κ1) is 17.0. The van der Waals surface area contributed by atoms with E-state index in [2.05, 4.69) is 5.32 Å². The average Bonchev–Trinajstić information content (AvgIpc) is 2.44. The Morgan fingerprint density at radius 1 is 1.20 bits per heavy atom. The van der Waals surface area contributed by atoms with Crippen molar-refractivity contribution in [1.82, 2.24) is 5.32 Å². The van der Waals surface area contributed by atoms with Crippen LogP contribution in [0.1, 0.15) is 32.4 Å². The smallest absolute Gasteiger partial charge is 0.163 e. The maximum absolute atomic E-state index is 13.8. The van der Waals surface area contributed by atoms with Gasteiger partial charge in [0.05, 0.1) is 25.4 Å². The van der Waals surface area contributed by atoms with Crippen LogP contribution in [0.5, 0.6) is 0 Å². The van der Waals surface area contributed by atoms with E-state index in [1.807, 2.05) is 20.8 Å². The van der Waals surface area contributed by atoms with Gasteiger partial charge in [0, 0.05) is 12.2 Å². The molecule has 0 saturated heterocycles. The summed E-state index contributed by atoms with van der Waals surface area (Å²) in [7, 11) is 0. The number of hydrogen-bond acceptors (Lipinski definition) is 3. The molecule has 3 nitrogen and oxygen atoms in total. The van der Waals surface area contributed by atoms with Crippen LogP contribution in [0, 0.1) is 11.6 Å². The van der Waals surface area contributed by atoms with Gasteiger partial charge in [-0.1, -0.05) is 19.1 Å². The van der Waals surface area contributed by atoms with Gasteiger partial charge in [0.25, 0.3) is 0 Å². The van der Waals surface area contributed by atoms with Gasteiger partial charge in [-0.2, -0.15) is 0 Å². The second kappa shape index (κ2) is 9.00. The predicted molar refractivity (Wildman–Crippen MR) is 74.7 cm³/mol. The van der Waals surface area contributed by atoms with E-state index in [-0.39, 0.29) is 24.3 Å². The lowest BCUT2D eigenvalue weighted by Gasteiger charge is -2.21. The van der Waals surface area contributed by atoms with Crippen LogP contribution in [-0.4, -0.2) is 32.5 Å². The van der Waals surface area contributed by atoms with E-state index in [4.69, 9.17) is 9.47 Å². The first-order valence-electron chi connectivity index (χ1n) is 6.96. The molecule has 0 spiro atoms. The van der Waals surface area contributed by atoms with Crippen LogP contribution in [0.4, 0.5) is 8.78 Å². The largest absolute Gasteiger partial charge is 0.379 e. The van der Waals surface area contributed by atoms with E-state index in [1.165, 1.54) is 6.07 Å². The van der Waals surface area contributed by atoms with Crippen LogP contribution >= 0.6 is 0 Å². The van der Waals surface area contributed by atoms with Crippen LogP contribution < -0.4 is 5.32 Å². The van der Waals surface area contributed by atoms with E-state index in [0.29, 0.717) is 19.8 Å². The van der Waals surface area contributed by atoms with E-state index in [1.54, 1.807) is 6.07 Å². The van der Waals surface area contributed by atoms with Gasteiger partial charge < -0.3 is 14.8 Å². The van der Waals surface area contributed by atoms with Crippen LogP contribution in [0.3, 0.4) is 0 Å². The maximum Gasteiger partial charge on any atom is 0.163 e. The fourth-order valence-corrected chi connectivity index (χ4v) is 1.89. The molecule has 20 heavy (non-hydrogen) atoms. The molecule has 0 aliphatic rings. The third-order valence-corrected chi connectivity index (χ3v) is 2.91. The second-order valence-corrected chi connectivity index (χ2v) is 4.56. The molecule has 5 heteroatoms. The second-order valence-electron chi connectivity index (χ2n) is 4.56. The standard InChI is InChI=1S/C15H23F2NO2/c1-4-18-14(10-20-11(3)9-19-5-2)12-7-6-8-13(16)15(12)17/h6-8,11,14,18H,4-5,9-10H2,1-3H3. The Hall–Kier alpha value is -1.04. The van der Waals surface area contributed by atoms with Gasteiger partial charge in [-0.3, -0.25) is 0 Å². The highest BCUT2D eigenvalue weighted by molar-refractivity contribution is 5.22. The zero-order chi connectivity index (χ0) is 15.0. The van der Waals surface area contributed by atoms with Crippen LogP contribution in [-0.2, 0) is 9.47 Å². The molecule has 0 heterocycles. The summed E-state index contributed by atoms with van der Waals surface area (Å²) in [4.78, 5) is 0. The number of benzene rings is 1. The third-order valence-electron chi connectivity index (χ3n) is 2.91. The van der Waals surface area contributed by atoms with Gasteiger partial charge >= 0.3 is 0 Å². The van der Waals surface area contributed by atoms with Crippen molar-refractivity contribution in [2.24, 2.45) is 0 Å². The molecule has 0 bridgehead atoms. The van der Waals surface area contributed by atoms with E-state index < -0.39 is 11.6 Å². The zero-order valence-electron chi connectivity index (χ0n) is 12.3.